The van der Waals surface area contributed by atoms with E-state index in [1.807, 2.05) is 6.07 Å². The molecule has 3 heteroatoms. The molecule has 0 aliphatic rings. The van der Waals surface area contributed by atoms with E-state index in [-0.39, 0.29) is 0 Å². The summed E-state index contributed by atoms with van der Waals surface area (Å²) in [4.78, 5) is 7.28. The Morgan fingerprint density at radius 3 is 2.85 bits per heavy atom. The van der Waals surface area contributed by atoms with Gasteiger partial charge in [0.2, 0.25) is 0 Å². The van der Waals surface area contributed by atoms with Gasteiger partial charge in [0.25, 0.3) is 0 Å². The number of aromatic nitrogens is 2. The molecule has 2 nitrogen and oxygen atoms in total. The molecule has 0 radical (unpaired) electrons. The lowest BCUT2D eigenvalue weighted by Gasteiger charge is -1.98. The largest absolute Gasteiger partial charge is 0.356 e. The van der Waals surface area contributed by atoms with Gasteiger partial charge in [-0.3, -0.25) is 0 Å². The Balaban J connectivity index is 2.68. The normalized spacial score (nSPS) is 11.4. The molecule has 2 heterocycles. The predicted octanol–water partition coefficient (Wildman–Crippen LogP) is 3.34. The number of pyridine rings is 1. The third kappa shape index (κ3) is 1.42. The van der Waals surface area contributed by atoms with E-state index in [1.165, 1.54) is 5.69 Å². The first-order valence-corrected chi connectivity index (χ1v) is 4.69. The van der Waals surface area contributed by atoms with Gasteiger partial charge in [0, 0.05) is 17.3 Å². The molecular weight excluding hydrogens is 184 g/mol. The highest BCUT2D eigenvalue weighted by atomic mass is 35.5. The van der Waals surface area contributed by atoms with Crippen LogP contribution < -0.4 is 0 Å². The van der Waals surface area contributed by atoms with Gasteiger partial charge in [-0.15, -0.1) is 0 Å². The number of hydrogen-bond donors (Lipinski definition) is 1. The highest BCUT2D eigenvalue weighted by Gasteiger charge is 2.06. The zero-order valence-corrected chi connectivity index (χ0v) is 8.39. The summed E-state index contributed by atoms with van der Waals surface area (Å²) in [6, 6.07) is 4.08. The van der Waals surface area contributed by atoms with Gasteiger partial charge in [0.1, 0.15) is 0 Å². The first-order chi connectivity index (χ1) is 6.18. The van der Waals surface area contributed by atoms with E-state index < -0.39 is 0 Å². The van der Waals surface area contributed by atoms with Crippen LogP contribution in [0.1, 0.15) is 25.5 Å². The van der Waals surface area contributed by atoms with Gasteiger partial charge in [-0.05, 0) is 18.1 Å². The first-order valence-electron chi connectivity index (χ1n) is 4.31. The standard InChI is InChI=1S/C10H11ClN2/c1-6(2)8-5-7-3-4-12-10(11)9(7)13-8/h3-6,13H,1-2H3. The van der Waals surface area contributed by atoms with Gasteiger partial charge in [0.15, 0.2) is 5.15 Å². The van der Waals surface area contributed by atoms with Crippen molar-refractivity contribution >= 4 is 22.5 Å². The van der Waals surface area contributed by atoms with Gasteiger partial charge in [-0.2, -0.15) is 0 Å². The van der Waals surface area contributed by atoms with Crippen LogP contribution in [0.4, 0.5) is 0 Å². The van der Waals surface area contributed by atoms with Gasteiger partial charge in [-0.25, -0.2) is 4.98 Å². The Hall–Kier alpha value is -1.02. The van der Waals surface area contributed by atoms with E-state index >= 15 is 0 Å². The SMILES string of the molecule is CC(C)c1cc2ccnc(Cl)c2[nH]1. The summed E-state index contributed by atoms with van der Waals surface area (Å²) in [5, 5.41) is 1.67. The Labute approximate surface area is 81.9 Å². The number of H-pyrrole nitrogens is 1. The summed E-state index contributed by atoms with van der Waals surface area (Å²) in [5.41, 5.74) is 2.14. The molecule has 0 bridgehead atoms. The van der Waals surface area contributed by atoms with Crippen molar-refractivity contribution in [3.63, 3.8) is 0 Å². The van der Waals surface area contributed by atoms with Crippen molar-refractivity contribution in [2.45, 2.75) is 19.8 Å². The number of hydrogen-bond acceptors (Lipinski definition) is 1. The fourth-order valence-corrected chi connectivity index (χ4v) is 1.57. The minimum atomic E-state index is 0.489. The number of fused-ring (bicyclic) bond motifs is 1. The third-order valence-corrected chi connectivity index (χ3v) is 2.43. The average molecular weight is 195 g/mol. The lowest BCUT2D eigenvalue weighted by atomic mass is 10.1. The highest BCUT2D eigenvalue weighted by Crippen LogP contribution is 2.24. The van der Waals surface area contributed by atoms with Crippen molar-refractivity contribution in [2.24, 2.45) is 0 Å². The fraction of sp³-hybridized carbons (Fsp3) is 0.300. The first kappa shape index (κ1) is 8.57. The molecule has 0 fully saturated rings. The maximum absolute atomic E-state index is 5.93. The second-order valence-electron chi connectivity index (χ2n) is 3.45. The minimum absolute atomic E-state index is 0.489. The van der Waals surface area contributed by atoms with Crippen molar-refractivity contribution in [2.75, 3.05) is 0 Å². The van der Waals surface area contributed by atoms with Gasteiger partial charge < -0.3 is 4.98 Å². The Morgan fingerprint density at radius 2 is 2.23 bits per heavy atom. The van der Waals surface area contributed by atoms with Crippen molar-refractivity contribution in [1.82, 2.24) is 9.97 Å². The number of nitrogens with zero attached hydrogens (tertiary/aromatic N) is 1. The fourth-order valence-electron chi connectivity index (χ4n) is 1.35. The summed E-state index contributed by atoms with van der Waals surface area (Å²) in [6.07, 6.45) is 1.72. The molecule has 2 aromatic rings. The summed E-state index contributed by atoms with van der Waals surface area (Å²) in [6.45, 7) is 4.29. The summed E-state index contributed by atoms with van der Waals surface area (Å²) >= 11 is 5.93. The highest BCUT2D eigenvalue weighted by molar-refractivity contribution is 6.33. The maximum atomic E-state index is 5.93. The third-order valence-electron chi connectivity index (χ3n) is 2.14. The maximum Gasteiger partial charge on any atom is 0.153 e. The van der Waals surface area contributed by atoms with Crippen LogP contribution in [-0.2, 0) is 0 Å². The van der Waals surface area contributed by atoms with Crippen LogP contribution in [0.3, 0.4) is 0 Å². The average Bonchev–Trinajstić information content (AvgIpc) is 2.49. The van der Waals surface area contributed by atoms with Crippen molar-refractivity contribution in [3.8, 4) is 0 Å². The molecule has 0 saturated heterocycles. The van der Waals surface area contributed by atoms with Crippen LogP contribution in [0.5, 0.6) is 0 Å². The zero-order chi connectivity index (χ0) is 9.42. The summed E-state index contributed by atoms with van der Waals surface area (Å²) in [7, 11) is 0. The zero-order valence-electron chi connectivity index (χ0n) is 7.63. The van der Waals surface area contributed by atoms with Crippen molar-refractivity contribution in [3.05, 3.63) is 29.2 Å². The number of rotatable bonds is 1. The molecule has 0 aliphatic heterocycles. The Morgan fingerprint density at radius 1 is 1.46 bits per heavy atom. The molecule has 0 amide bonds. The molecule has 0 aromatic carbocycles. The second kappa shape index (κ2) is 3.04. The molecule has 1 N–H and O–H groups in total. The molecule has 0 spiro atoms. The second-order valence-corrected chi connectivity index (χ2v) is 3.80. The molecule has 0 unspecified atom stereocenters. The van der Waals surface area contributed by atoms with Crippen LogP contribution in [0.2, 0.25) is 5.15 Å². The lowest BCUT2D eigenvalue weighted by molar-refractivity contribution is 0.836. The molecule has 0 saturated carbocycles. The minimum Gasteiger partial charge on any atom is -0.356 e. The van der Waals surface area contributed by atoms with Gasteiger partial charge in [0.05, 0.1) is 5.52 Å². The number of aromatic amines is 1. The topological polar surface area (TPSA) is 28.7 Å². The van der Waals surface area contributed by atoms with E-state index in [0.29, 0.717) is 11.1 Å². The molecule has 2 rings (SSSR count). The van der Waals surface area contributed by atoms with Crippen LogP contribution in [0.15, 0.2) is 18.3 Å². The predicted molar refractivity (Wildman–Crippen MR) is 55.2 cm³/mol. The quantitative estimate of drug-likeness (QED) is 0.693. The van der Waals surface area contributed by atoms with E-state index in [4.69, 9.17) is 11.6 Å². The van der Waals surface area contributed by atoms with Gasteiger partial charge in [-0.1, -0.05) is 25.4 Å². The molecule has 0 aliphatic carbocycles. The number of nitrogens with one attached hydrogen (secondary N) is 1. The van der Waals surface area contributed by atoms with Crippen molar-refractivity contribution < 1.29 is 0 Å². The van der Waals surface area contributed by atoms with E-state index in [0.717, 1.165) is 10.9 Å². The van der Waals surface area contributed by atoms with Crippen LogP contribution in [0, 0.1) is 0 Å². The molecule has 2 aromatic heterocycles. The van der Waals surface area contributed by atoms with Gasteiger partial charge >= 0.3 is 0 Å². The molecule has 0 atom stereocenters. The molecule has 13 heavy (non-hydrogen) atoms. The summed E-state index contributed by atoms with van der Waals surface area (Å²) in [5.74, 6) is 0.489. The van der Waals surface area contributed by atoms with E-state index in [9.17, 15) is 0 Å². The summed E-state index contributed by atoms with van der Waals surface area (Å²) < 4.78 is 0. The van der Waals surface area contributed by atoms with Crippen LogP contribution in [0.25, 0.3) is 10.9 Å². The molecule has 68 valence electrons. The number of halogens is 1. The van der Waals surface area contributed by atoms with Crippen molar-refractivity contribution in [1.29, 1.82) is 0 Å². The molecular formula is C10H11ClN2. The Kier molecular flexibility index (Phi) is 2.00. The smallest absolute Gasteiger partial charge is 0.153 e. The van der Waals surface area contributed by atoms with Crippen LogP contribution in [-0.4, -0.2) is 9.97 Å². The Bertz CT molecular complexity index is 431. The van der Waals surface area contributed by atoms with E-state index in [1.54, 1.807) is 6.20 Å². The lowest BCUT2D eigenvalue weighted by Crippen LogP contribution is -1.85. The van der Waals surface area contributed by atoms with Crippen LogP contribution >= 0.6 is 11.6 Å². The van der Waals surface area contributed by atoms with E-state index in [2.05, 4.69) is 29.9 Å². The monoisotopic (exact) mass is 194 g/mol.